The Morgan fingerprint density at radius 1 is 0.875 bits per heavy atom. The smallest absolute Gasteiger partial charge is 0.236 e. The second-order valence-electron chi connectivity index (χ2n) is 5.88. The van der Waals surface area contributed by atoms with Crippen LogP contribution in [0.15, 0.2) is 66.1 Å². The lowest BCUT2D eigenvalue weighted by Gasteiger charge is -2.22. The molecular formula is C19H24N2O2S. The fourth-order valence-corrected chi connectivity index (χ4v) is 3.38. The maximum absolute atomic E-state index is 12.7. The highest BCUT2D eigenvalue weighted by molar-refractivity contribution is 7.92. The summed E-state index contributed by atoms with van der Waals surface area (Å²) in [5.41, 5.74) is 1.85. The number of nitrogens with zero attached hydrogens (tertiary/aromatic N) is 2. The van der Waals surface area contributed by atoms with Crippen LogP contribution in [0.25, 0.3) is 6.08 Å². The van der Waals surface area contributed by atoms with Crippen LogP contribution >= 0.6 is 0 Å². The van der Waals surface area contributed by atoms with Gasteiger partial charge in [-0.05, 0) is 31.3 Å². The molecule has 0 saturated heterocycles. The lowest BCUT2D eigenvalue weighted by molar-refractivity contribution is 0.332. The summed E-state index contributed by atoms with van der Waals surface area (Å²) in [6.45, 7) is 1.49. The number of likely N-dealkylation sites (N-methyl/N-ethyl adjacent to an activating group) is 1. The molecule has 0 N–H and O–H groups in total. The largest absolute Gasteiger partial charge is 0.308 e. The fourth-order valence-electron chi connectivity index (χ4n) is 2.21. The van der Waals surface area contributed by atoms with Crippen LogP contribution in [0.3, 0.4) is 0 Å². The van der Waals surface area contributed by atoms with Gasteiger partial charge in [-0.25, -0.2) is 8.42 Å². The minimum absolute atomic E-state index is 0.371. The molecule has 0 saturated carbocycles. The molecule has 2 aromatic rings. The third-order valence-corrected chi connectivity index (χ3v) is 5.10. The van der Waals surface area contributed by atoms with Crippen LogP contribution in [-0.4, -0.2) is 44.8 Å². The SMILES string of the molecule is CN(C)CCN(Cc1ccccc1)S(=O)(=O)/C=C/c1ccccc1. The molecule has 0 heterocycles. The molecule has 2 aromatic carbocycles. The van der Waals surface area contributed by atoms with Gasteiger partial charge in [-0.3, -0.25) is 0 Å². The molecule has 0 amide bonds. The monoisotopic (exact) mass is 344 g/mol. The first kappa shape index (κ1) is 18.4. The molecule has 2 rings (SSSR count). The van der Waals surface area contributed by atoms with E-state index in [9.17, 15) is 8.42 Å². The molecule has 24 heavy (non-hydrogen) atoms. The van der Waals surface area contributed by atoms with Gasteiger partial charge in [0, 0.05) is 25.0 Å². The molecule has 4 nitrogen and oxygen atoms in total. The van der Waals surface area contributed by atoms with Gasteiger partial charge in [-0.2, -0.15) is 4.31 Å². The van der Waals surface area contributed by atoms with Crippen molar-refractivity contribution >= 4 is 16.1 Å². The Morgan fingerprint density at radius 3 is 2.04 bits per heavy atom. The fraction of sp³-hybridized carbons (Fsp3) is 0.263. The van der Waals surface area contributed by atoms with Gasteiger partial charge in [-0.15, -0.1) is 0 Å². The van der Waals surface area contributed by atoms with Crippen molar-refractivity contribution < 1.29 is 8.42 Å². The zero-order chi connectivity index (χ0) is 17.4. The van der Waals surface area contributed by atoms with Crippen molar-refractivity contribution in [3.8, 4) is 0 Å². The summed E-state index contributed by atoms with van der Waals surface area (Å²) < 4.78 is 27.0. The minimum atomic E-state index is -3.49. The molecule has 0 aliphatic heterocycles. The van der Waals surface area contributed by atoms with Gasteiger partial charge in [0.2, 0.25) is 10.0 Å². The third kappa shape index (κ3) is 5.92. The van der Waals surface area contributed by atoms with Crippen molar-refractivity contribution in [2.24, 2.45) is 0 Å². The molecule has 0 atom stereocenters. The molecule has 0 radical (unpaired) electrons. The van der Waals surface area contributed by atoms with Crippen molar-refractivity contribution in [3.05, 3.63) is 77.2 Å². The van der Waals surface area contributed by atoms with E-state index in [0.29, 0.717) is 19.6 Å². The van der Waals surface area contributed by atoms with Gasteiger partial charge in [0.05, 0.1) is 0 Å². The molecule has 5 heteroatoms. The molecule has 0 aliphatic carbocycles. The van der Waals surface area contributed by atoms with Crippen LogP contribution in [0.4, 0.5) is 0 Å². The normalized spacial score (nSPS) is 12.3. The first-order valence-electron chi connectivity index (χ1n) is 7.89. The first-order chi connectivity index (χ1) is 11.5. The topological polar surface area (TPSA) is 40.6 Å². The highest BCUT2D eigenvalue weighted by Crippen LogP contribution is 2.13. The van der Waals surface area contributed by atoms with E-state index in [1.54, 1.807) is 6.08 Å². The lowest BCUT2D eigenvalue weighted by atomic mass is 10.2. The van der Waals surface area contributed by atoms with Crippen molar-refractivity contribution in [1.29, 1.82) is 0 Å². The first-order valence-corrected chi connectivity index (χ1v) is 9.39. The highest BCUT2D eigenvalue weighted by atomic mass is 32.2. The Kier molecular flexibility index (Phi) is 6.73. The van der Waals surface area contributed by atoms with E-state index < -0.39 is 10.0 Å². The molecule has 0 aliphatic rings. The highest BCUT2D eigenvalue weighted by Gasteiger charge is 2.19. The number of benzene rings is 2. The van der Waals surface area contributed by atoms with E-state index in [1.807, 2.05) is 79.7 Å². The zero-order valence-corrected chi connectivity index (χ0v) is 15.0. The van der Waals surface area contributed by atoms with Crippen LogP contribution in [0.1, 0.15) is 11.1 Å². The molecule has 0 spiro atoms. The van der Waals surface area contributed by atoms with Crippen molar-refractivity contribution in [2.45, 2.75) is 6.54 Å². The predicted molar refractivity (Wildman–Crippen MR) is 99.8 cm³/mol. The van der Waals surface area contributed by atoms with E-state index in [4.69, 9.17) is 0 Å². The molecule has 0 fully saturated rings. The molecule has 0 unspecified atom stereocenters. The third-order valence-electron chi connectivity index (χ3n) is 3.59. The average Bonchev–Trinajstić information content (AvgIpc) is 2.58. The van der Waals surface area contributed by atoms with Gasteiger partial charge in [0.25, 0.3) is 0 Å². The number of rotatable bonds is 8. The predicted octanol–water partition coefficient (Wildman–Crippen LogP) is 3.05. The van der Waals surface area contributed by atoms with Gasteiger partial charge < -0.3 is 4.90 Å². The van der Waals surface area contributed by atoms with Crippen LogP contribution < -0.4 is 0 Å². The van der Waals surface area contributed by atoms with Crippen molar-refractivity contribution in [3.63, 3.8) is 0 Å². The van der Waals surface area contributed by atoms with Crippen molar-refractivity contribution in [1.82, 2.24) is 9.21 Å². The second-order valence-corrected chi connectivity index (χ2v) is 7.70. The van der Waals surface area contributed by atoms with Gasteiger partial charge in [0.1, 0.15) is 0 Å². The lowest BCUT2D eigenvalue weighted by Crippen LogP contribution is -2.35. The maximum atomic E-state index is 12.7. The molecular weight excluding hydrogens is 320 g/mol. The average molecular weight is 344 g/mol. The van der Waals surface area contributed by atoms with E-state index in [2.05, 4.69) is 0 Å². The van der Waals surface area contributed by atoms with Crippen molar-refractivity contribution in [2.75, 3.05) is 27.2 Å². The number of hydrogen-bond donors (Lipinski definition) is 0. The summed E-state index contributed by atoms with van der Waals surface area (Å²) in [5, 5.41) is 1.29. The standard InChI is InChI=1S/C19H24N2O2S/c1-20(2)14-15-21(17-19-11-7-4-8-12-19)24(22,23)16-13-18-9-5-3-6-10-18/h3-13,16H,14-15,17H2,1-2H3/b16-13+. The van der Waals surface area contributed by atoms with Gasteiger partial charge in [0.15, 0.2) is 0 Å². The summed E-state index contributed by atoms with van der Waals surface area (Å²) in [6, 6.07) is 19.1. The Hall–Kier alpha value is -1.95. The minimum Gasteiger partial charge on any atom is -0.308 e. The summed E-state index contributed by atoms with van der Waals surface area (Å²) in [7, 11) is 0.387. The van der Waals surface area contributed by atoms with E-state index in [1.165, 1.54) is 9.71 Å². The summed E-state index contributed by atoms with van der Waals surface area (Å²) in [4.78, 5) is 1.98. The van der Waals surface area contributed by atoms with Gasteiger partial charge >= 0.3 is 0 Å². The Labute approximate surface area is 145 Å². The van der Waals surface area contributed by atoms with Gasteiger partial charge in [-0.1, -0.05) is 60.7 Å². The van der Waals surface area contributed by atoms with E-state index in [0.717, 1.165) is 11.1 Å². The number of sulfonamides is 1. The Morgan fingerprint density at radius 2 is 1.46 bits per heavy atom. The zero-order valence-electron chi connectivity index (χ0n) is 14.2. The van der Waals surface area contributed by atoms with Crippen LogP contribution in [0.5, 0.6) is 0 Å². The molecule has 128 valence electrons. The maximum Gasteiger partial charge on any atom is 0.236 e. The van der Waals surface area contributed by atoms with E-state index in [-0.39, 0.29) is 0 Å². The summed E-state index contributed by atoms with van der Waals surface area (Å²) >= 11 is 0. The molecule has 0 aromatic heterocycles. The van der Waals surface area contributed by atoms with Crippen LogP contribution in [-0.2, 0) is 16.6 Å². The van der Waals surface area contributed by atoms with Crippen LogP contribution in [0.2, 0.25) is 0 Å². The van der Waals surface area contributed by atoms with E-state index >= 15 is 0 Å². The molecule has 0 bridgehead atoms. The number of hydrogen-bond acceptors (Lipinski definition) is 3. The summed E-state index contributed by atoms with van der Waals surface area (Å²) in [6.07, 6.45) is 1.64. The summed E-state index contributed by atoms with van der Waals surface area (Å²) in [5.74, 6) is 0. The quantitative estimate of drug-likeness (QED) is 0.739. The van der Waals surface area contributed by atoms with Crippen LogP contribution in [0, 0.1) is 0 Å². The Balaban J connectivity index is 2.18. The Bertz CT molecular complexity index is 741. The second kappa shape index (κ2) is 8.78.